The lowest BCUT2D eigenvalue weighted by Gasteiger charge is -2.43. The Bertz CT molecular complexity index is 1950. The molecule has 3 rings (SSSR count). The predicted octanol–water partition coefficient (Wildman–Crippen LogP) is 14.0. The first kappa shape index (κ1) is 52.6. The van der Waals surface area contributed by atoms with Gasteiger partial charge in [0.05, 0.1) is 24.2 Å². The monoisotopic (exact) mass is 934 g/mol. The van der Waals surface area contributed by atoms with Crippen LogP contribution < -0.4 is 9.47 Å². The predicted molar refractivity (Wildman–Crippen MR) is 192 cm³/mol. The van der Waals surface area contributed by atoms with Gasteiger partial charge in [-0.15, -0.1) is 0 Å². The van der Waals surface area contributed by atoms with Crippen LogP contribution in [0.25, 0.3) is 11.1 Å². The molecular formula is C41H39F17O5. The molecule has 0 aliphatic carbocycles. The Morgan fingerprint density at radius 1 is 0.476 bits per heavy atom. The van der Waals surface area contributed by atoms with Gasteiger partial charge in [0.25, 0.3) is 0 Å². The van der Waals surface area contributed by atoms with Gasteiger partial charge in [-0.1, -0.05) is 76.1 Å². The lowest BCUT2D eigenvalue weighted by Crippen LogP contribution is -2.74. The van der Waals surface area contributed by atoms with Crippen LogP contribution in [0.5, 0.6) is 11.5 Å². The van der Waals surface area contributed by atoms with Gasteiger partial charge in [-0.3, -0.25) is 0 Å². The SMILES string of the molecule is CCCCCCCCCCOc1ccc(-c2ccc(OC(=O)c3ccc(C(=O)OC(C)CC(F)(F)C(F)(F)C(F)(F)C(F)(F)C(F)(F)C(F)(F)C(F)(F)C(F)(F)F)cc3)cc2)cc1. The lowest BCUT2D eigenvalue weighted by atomic mass is 9.88. The molecule has 5 nitrogen and oxygen atoms in total. The zero-order valence-electron chi connectivity index (χ0n) is 33.0. The van der Waals surface area contributed by atoms with Crippen LogP contribution in [0, 0.1) is 0 Å². The van der Waals surface area contributed by atoms with Gasteiger partial charge in [0, 0.05) is 0 Å². The van der Waals surface area contributed by atoms with Crippen LogP contribution in [-0.2, 0) is 4.74 Å². The van der Waals surface area contributed by atoms with Gasteiger partial charge in [-0.25, -0.2) is 9.59 Å². The summed E-state index contributed by atoms with van der Waals surface area (Å²) in [5.74, 6) is -59.4. The summed E-state index contributed by atoms with van der Waals surface area (Å²) in [6, 6.07) is 16.9. The van der Waals surface area contributed by atoms with Crippen molar-refractivity contribution in [3.8, 4) is 22.6 Å². The molecule has 0 aliphatic rings. The molecule has 0 saturated heterocycles. The minimum Gasteiger partial charge on any atom is -0.494 e. The Morgan fingerprint density at radius 3 is 1.30 bits per heavy atom. The molecule has 0 aromatic heterocycles. The van der Waals surface area contributed by atoms with E-state index in [1.807, 2.05) is 12.1 Å². The van der Waals surface area contributed by atoms with Crippen LogP contribution in [0.1, 0.15) is 92.4 Å². The molecule has 0 fully saturated rings. The second kappa shape index (κ2) is 19.9. The third-order valence-electron chi connectivity index (χ3n) is 9.51. The van der Waals surface area contributed by atoms with E-state index in [0.29, 0.717) is 12.4 Å². The van der Waals surface area contributed by atoms with Crippen molar-refractivity contribution in [2.75, 3.05) is 6.61 Å². The molecule has 22 heteroatoms. The summed E-state index contributed by atoms with van der Waals surface area (Å²) in [5.41, 5.74) is 0.668. The van der Waals surface area contributed by atoms with Crippen molar-refractivity contribution in [1.29, 1.82) is 0 Å². The van der Waals surface area contributed by atoms with Crippen LogP contribution in [0.15, 0.2) is 72.8 Å². The summed E-state index contributed by atoms with van der Waals surface area (Å²) in [4.78, 5) is 25.1. The van der Waals surface area contributed by atoms with E-state index in [-0.39, 0.29) is 18.2 Å². The van der Waals surface area contributed by atoms with Gasteiger partial charge in [-0.2, -0.15) is 74.6 Å². The van der Waals surface area contributed by atoms with E-state index in [4.69, 9.17) is 9.47 Å². The molecule has 63 heavy (non-hydrogen) atoms. The molecule has 352 valence electrons. The molecule has 0 amide bonds. The maximum Gasteiger partial charge on any atom is 0.460 e. The van der Waals surface area contributed by atoms with Crippen molar-refractivity contribution in [3.05, 3.63) is 83.9 Å². The zero-order valence-corrected chi connectivity index (χ0v) is 33.0. The summed E-state index contributed by atoms with van der Waals surface area (Å²) in [6.07, 6.45) is -4.23. The summed E-state index contributed by atoms with van der Waals surface area (Å²) in [5, 5.41) is 0. The highest BCUT2D eigenvalue weighted by molar-refractivity contribution is 5.94. The van der Waals surface area contributed by atoms with Gasteiger partial charge in [-0.05, 0) is 73.0 Å². The highest BCUT2D eigenvalue weighted by atomic mass is 19.4. The zero-order chi connectivity index (χ0) is 47.9. The van der Waals surface area contributed by atoms with Crippen molar-refractivity contribution < 1.29 is 98.4 Å². The number of hydrogen-bond acceptors (Lipinski definition) is 5. The van der Waals surface area contributed by atoms with Crippen molar-refractivity contribution in [3.63, 3.8) is 0 Å². The second-order valence-electron chi connectivity index (χ2n) is 14.4. The molecule has 0 saturated carbocycles. The molecule has 3 aromatic carbocycles. The topological polar surface area (TPSA) is 61.8 Å². The molecule has 1 atom stereocenters. The van der Waals surface area contributed by atoms with Crippen molar-refractivity contribution in [2.45, 2.75) is 125 Å². The first-order valence-corrected chi connectivity index (χ1v) is 19.0. The van der Waals surface area contributed by atoms with Crippen LogP contribution in [0.2, 0.25) is 0 Å². The van der Waals surface area contributed by atoms with Crippen LogP contribution >= 0.6 is 0 Å². The lowest BCUT2D eigenvalue weighted by molar-refractivity contribution is -0.462. The molecular weight excluding hydrogens is 895 g/mol. The van der Waals surface area contributed by atoms with E-state index in [1.54, 1.807) is 24.3 Å². The fourth-order valence-corrected chi connectivity index (χ4v) is 5.77. The van der Waals surface area contributed by atoms with Gasteiger partial charge in [0.15, 0.2) is 0 Å². The summed E-state index contributed by atoms with van der Waals surface area (Å²) >= 11 is 0. The molecule has 0 spiro atoms. The van der Waals surface area contributed by atoms with Crippen molar-refractivity contribution in [1.82, 2.24) is 0 Å². The fraction of sp³-hybridized carbons (Fsp3) is 0.512. The number of alkyl halides is 17. The van der Waals surface area contributed by atoms with Gasteiger partial charge in [0.1, 0.15) is 17.6 Å². The number of rotatable bonds is 23. The normalized spacial score (nSPS) is 14.0. The maximum absolute atomic E-state index is 14.4. The Hall–Kier alpha value is -4.79. The van der Waals surface area contributed by atoms with E-state index in [0.717, 1.165) is 54.7 Å². The Kier molecular flexibility index (Phi) is 16.6. The molecule has 0 radical (unpaired) electrons. The first-order chi connectivity index (χ1) is 28.9. The number of esters is 2. The quantitative estimate of drug-likeness (QED) is 0.0410. The average Bonchev–Trinajstić information content (AvgIpc) is 3.19. The molecule has 0 N–H and O–H groups in total. The molecule has 0 bridgehead atoms. The summed E-state index contributed by atoms with van der Waals surface area (Å²) in [7, 11) is 0. The average molecular weight is 935 g/mol. The number of halogens is 17. The number of carbonyl (C=O) groups excluding carboxylic acids is 2. The van der Waals surface area contributed by atoms with Crippen LogP contribution in [0.4, 0.5) is 74.6 Å². The number of benzene rings is 3. The van der Waals surface area contributed by atoms with Crippen LogP contribution in [-0.4, -0.2) is 72.3 Å². The Morgan fingerprint density at radius 2 is 0.857 bits per heavy atom. The molecule has 3 aromatic rings. The Balaban J connectivity index is 1.58. The van der Waals surface area contributed by atoms with Crippen molar-refractivity contribution >= 4 is 11.9 Å². The van der Waals surface area contributed by atoms with Crippen molar-refractivity contribution in [2.24, 2.45) is 0 Å². The highest BCUT2D eigenvalue weighted by Gasteiger charge is 2.95. The largest absolute Gasteiger partial charge is 0.494 e. The second-order valence-corrected chi connectivity index (χ2v) is 14.4. The van der Waals surface area contributed by atoms with Gasteiger partial charge < -0.3 is 14.2 Å². The summed E-state index contributed by atoms with van der Waals surface area (Å²) < 4.78 is 246. The fourth-order valence-electron chi connectivity index (χ4n) is 5.77. The highest BCUT2D eigenvalue weighted by Crippen LogP contribution is 2.64. The van der Waals surface area contributed by atoms with Gasteiger partial charge in [0.2, 0.25) is 0 Å². The maximum atomic E-state index is 14.4. The molecule has 1 unspecified atom stereocenters. The van der Waals surface area contributed by atoms with Crippen LogP contribution in [0.3, 0.4) is 0 Å². The van der Waals surface area contributed by atoms with E-state index in [1.165, 1.54) is 44.2 Å². The minimum absolute atomic E-state index is 0.0594. The summed E-state index contributed by atoms with van der Waals surface area (Å²) in [6.45, 7) is 3.01. The Labute approximate surface area is 348 Å². The van der Waals surface area contributed by atoms with E-state index in [9.17, 15) is 84.2 Å². The number of carbonyl (C=O) groups is 2. The van der Waals surface area contributed by atoms with E-state index in [2.05, 4.69) is 11.7 Å². The number of unbranched alkanes of at least 4 members (excludes halogenated alkanes) is 7. The van der Waals surface area contributed by atoms with E-state index < -0.39 is 77.7 Å². The number of ether oxygens (including phenoxy) is 3. The first-order valence-electron chi connectivity index (χ1n) is 19.0. The minimum atomic E-state index is -8.75. The smallest absolute Gasteiger partial charge is 0.460 e. The number of hydrogen-bond donors (Lipinski definition) is 0. The standard InChI is InChI=1S/C41H39F17O5/c1-3-4-5-6-7-8-9-10-23-61-30-19-15-26(16-20-30)27-17-21-31(22-18-27)63-33(60)29-13-11-28(12-14-29)32(59)62-25(2)24-34(42,43)35(44,45)36(46,47)37(48,49)38(50,51)39(52,53)40(54,55)41(56,57)58/h11-22,25H,3-10,23-24H2,1-2H3. The molecule has 0 heterocycles. The third-order valence-corrected chi connectivity index (χ3v) is 9.51. The van der Waals surface area contributed by atoms with Gasteiger partial charge >= 0.3 is 59.6 Å². The third kappa shape index (κ3) is 11.3. The molecule has 0 aliphatic heterocycles. The van der Waals surface area contributed by atoms with E-state index >= 15 is 0 Å².